The zero-order chi connectivity index (χ0) is 15.1. The monoisotopic (exact) mass is 312 g/mol. The summed E-state index contributed by atoms with van der Waals surface area (Å²) in [7, 11) is 0. The molecule has 1 atom stereocenters. The van der Waals surface area contributed by atoms with Crippen LogP contribution in [0.1, 0.15) is 33.1 Å². The van der Waals surface area contributed by atoms with Gasteiger partial charge in [-0.3, -0.25) is 0 Å². The predicted octanol–water partition coefficient (Wildman–Crippen LogP) is 2.49. The minimum Gasteiger partial charge on any atom is -0.354 e. The third kappa shape index (κ3) is 5.63. The first-order chi connectivity index (χ1) is 10.2. The van der Waals surface area contributed by atoms with Gasteiger partial charge in [-0.05, 0) is 49.9 Å². The minimum atomic E-state index is 0.221. The summed E-state index contributed by atoms with van der Waals surface area (Å²) in [5.74, 6) is 1.62. The number of nitrogens with one attached hydrogen (secondary N) is 2. The molecule has 1 saturated heterocycles. The number of hydrogen-bond donors (Lipinski definition) is 2. The molecule has 6 nitrogen and oxygen atoms in total. The lowest BCUT2D eigenvalue weighted by atomic mass is 10.1. The second kappa shape index (κ2) is 8.34. The second-order valence-electron chi connectivity index (χ2n) is 5.67. The van der Waals surface area contributed by atoms with Gasteiger partial charge in [0.05, 0.1) is 0 Å². The zero-order valence-electron chi connectivity index (χ0n) is 12.9. The lowest BCUT2D eigenvalue weighted by Crippen LogP contribution is -2.29. The number of aromatic nitrogens is 3. The van der Waals surface area contributed by atoms with Crippen molar-refractivity contribution in [3.05, 3.63) is 5.28 Å². The van der Waals surface area contributed by atoms with E-state index in [4.69, 9.17) is 11.6 Å². The van der Waals surface area contributed by atoms with E-state index >= 15 is 0 Å². The maximum atomic E-state index is 5.93. The SMILES string of the molecule is CCCNc1nc(Cl)nc(NCC(C)CN2CCCC2)n1. The third-order valence-electron chi connectivity index (χ3n) is 3.52. The van der Waals surface area contributed by atoms with Gasteiger partial charge in [0.1, 0.15) is 0 Å². The number of likely N-dealkylation sites (tertiary alicyclic amines) is 1. The molecule has 1 unspecified atom stereocenters. The summed E-state index contributed by atoms with van der Waals surface area (Å²) in [6, 6.07) is 0. The topological polar surface area (TPSA) is 66.0 Å². The van der Waals surface area contributed by atoms with E-state index in [9.17, 15) is 0 Å². The first-order valence-electron chi connectivity index (χ1n) is 7.79. The van der Waals surface area contributed by atoms with E-state index in [1.165, 1.54) is 25.9 Å². The Kier molecular flexibility index (Phi) is 6.45. The Morgan fingerprint density at radius 2 is 1.81 bits per heavy atom. The number of halogens is 1. The molecule has 2 N–H and O–H groups in total. The fourth-order valence-electron chi connectivity index (χ4n) is 2.48. The Labute approximate surface area is 131 Å². The molecule has 1 aliphatic heterocycles. The van der Waals surface area contributed by atoms with Crippen molar-refractivity contribution in [2.45, 2.75) is 33.1 Å². The van der Waals surface area contributed by atoms with Crippen LogP contribution in [0.5, 0.6) is 0 Å². The van der Waals surface area contributed by atoms with Crippen LogP contribution in [0.3, 0.4) is 0 Å². The summed E-state index contributed by atoms with van der Waals surface area (Å²) in [4.78, 5) is 15.0. The van der Waals surface area contributed by atoms with E-state index < -0.39 is 0 Å². The molecular formula is C14H25ClN6. The van der Waals surface area contributed by atoms with Gasteiger partial charge in [-0.15, -0.1) is 0 Å². The van der Waals surface area contributed by atoms with Gasteiger partial charge in [0.25, 0.3) is 0 Å². The standard InChI is InChI=1S/C14H25ClN6/c1-3-6-16-13-18-12(15)19-14(20-13)17-9-11(2)10-21-7-4-5-8-21/h11H,3-10H2,1-2H3,(H2,16,17,18,19,20). The van der Waals surface area contributed by atoms with Crippen molar-refractivity contribution in [1.82, 2.24) is 19.9 Å². The van der Waals surface area contributed by atoms with Gasteiger partial charge in [0, 0.05) is 19.6 Å². The van der Waals surface area contributed by atoms with Crippen LogP contribution >= 0.6 is 11.6 Å². The number of anilines is 2. The molecule has 0 radical (unpaired) electrons. The molecule has 2 heterocycles. The molecule has 118 valence electrons. The van der Waals surface area contributed by atoms with Gasteiger partial charge >= 0.3 is 0 Å². The molecule has 0 amide bonds. The molecule has 1 aromatic heterocycles. The summed E-state index contributed by atoms with van der Waals surface area (Å²) in [5, 5.41) is 6.61. The van der Waals surface area contributed by atoms with Crippen molar-refractivity contribution in [3.8, 4) is 0 Å². The molecule has 0 aliphatic carbocycles. The van der Waals surface area contributed by atoms with E-state index in [0.717, 1.165) is 26.1 Å². The first-order valence-corrected chi connectivity index (χ1v) is 8.17. The minimum absolute atomic E-state index is 0.221. The highest BCUT2D eigenvalue weighted by atomic mass is 35.5. The average molecular weight is 313 g/mol. The molecule has 0 aromatic carbocycles. The number of rotatable bonds is 8. The van der Waals surface area contributed by atoms with E-state index in [2.05, 4.69) is 44.3 Å². The molecule has 0 bridgehead atoms. The summed E-state index contributed by atoms with van der Waals surface area (Å²) in [6.45, 7) is 9.57. The summed E-state index contributed by atoms with van der Waals surface area (Å²) >= 11 is 5.93. The first kappa shape index (κ1) is 16.2. The van der Waals surface area contributed by atoms with Crippen molar-refractivity contribution < 1.29 is 0 Å². The van der Waals surface area contributed by atoms with Gasteiger partial charge in [-0.25, -0.2) is 0 Å². The van der Waals surface area contributed by atoms with E-state index in [0.29, 0.717) is 17.8 Å². The molecule has 1 fully saturated rings. The highest BCUT2D eigenvalue weighted by molar-refractivity contribution is 6.28. The molecular weight excluding hydrogens is 288 g/mol. The third-order valence-corrected chi connectivity index (χ3v) is 3.69. The average Bonchev–Trinajstić information content (AvgIpc) is 2.95. The lowest BCUT2D eigenvalue weighted by molar-refractivity contribution is 0.294. The maximum absolute atomic E-state index is 5.93. The van der Waals surface area contributed by atoms with Gasteiger partial charge in [0.15, 0.2) is 0 Å². The molecule has 1 aliphatic rings. The molecule has 1 aromatic rings. The Balaban J connectivity index is 1.82. The Bertz CT molecular complexity index is 435. The van der Waals surface area contributed by atoms with Crippen molar-refractivity contribution in [3.63, 3.8) is 0 Å². The van der Waals surface area contributed by atoms with Crippen LogP contribution in [-0.2, 0) is 0 Å². The van der Waals surface area contributed by atoms with Crippen LogP contribution in [0.4, 0.5) is 11.9 Å². The molecule has 0 spiro atoms. The Morgan fingerprint density at radius 3 is 2.48 bits per heavy atom. The van der Waals surface area contributed by atoms with Crippen LogP contribution in [0.15, 0.2) is 0 Å². The highest BCUT2D eigenvalue weighted by Crippen LogP contribution is 2.12. The van der Waals surface area contributed by atoms with Crippen LogP contribution < -0.4 is 10.6 Å². The molecule has 2 rings (SSSR count). The fraction of sp³-hybridized carbons (Fsp3) is 0.786. The normalized spacial score (nSPS) is 16.9. The van der Waals surface area contributed by atoms with Gasteiger partial charge < -0.3 is 15.5 Å². The number of hydrogen-bond acceptors (Lipinski definition) is 6. The molecule has 21 heavy (non-hydrogen) atoms. The van der Waals surface area contributed by atoms with Crippen molar-refractivity contribution >= 4 is 23.5 Å². The Morgan fingerprint density at radius 1 is 1.14 bits per heavy atom. The number of nitrogens with zero attached hydrogens (tertiary/aromatic N) is 4. The quantitative estimate of drug-likeness (QED) is 0.769. The lowest BCUT2D eigenvalue weighted by Gasteiger charge is -2.20. The summed E-state index contributed by atoms with van der Waals surface area (Å²) in [6.07, 6.45) is 3.67. The summed E-state index contributed by atoms with van der Waals surface area (Å²) < 4.78 is 0. The van der Waals surface area contributed by atoms with Crippen LogP contribution in [-0.4, -0.2) is 52.6 Å². The van der Waals surface area contributed by atoms with Gasteiger partial charge in [-0.2, -0.15) is 15.0 Å². The summed E-state index contributed by atoms with van der Waals surface area (Å²) in [5.41, 5.74) is 0. The maximum Gasteiger partial charge on any atom is 0.228 e. The van der Waals surface area contributed by atoms with Gasteiger partial charge in [0.2, 0.25) is 17.2 Å². The van der Waals surface area contributed by atoms with Crippen LogP contribution in [0, 0.1) is 5.92 Å². The smallest absolute Gasteiger partial charge is 0.228 e. The van der Waals surface area contributed by atoms with E-state index in [1.807, 2.05) is 0 Å². The Hall–Kier alpha value is -1.14. The largest absolute Gasteiger partial charge is 0.354 e. The zero-order valence-corrected chi connectivity index (χ0v) is 13.7. The van der Waals surface area contributed by atoms with Crippen molar-refractivity contribution in [2.75, 3.05) is 43.4 Å². The fourth-order valence-corrected chi connectivity index (χ4v) is 2.64. The predicted molar refractivity (Wildman–Crippen MR) is 86.9 cm³/mol. The highest BCUT2D eigenvalue weighted by Gasteiger charge is 2.15. The van der Waals surface area contributed by atoms with E-state index in [1.54, 1.807) is 0 Å². The van der Waals surface area contributed by atoms with Crippen molar-refractivity contribution in [2.24, 2.45) is 5.92 Å². The van der Waals surface area contributed by atoms with Crippen LogP contribution in [0.25, 0.3) is 0 Å². The van der Waals surface area contributed by atoms with E-state index in [-0.39, 0.29) is 5.28 Å². The van der Waals surface area contributed by atoms with Crippen LogP contribution in [0.2, 0.25) is 5.28 Å². The second-order valence-corrected chi connectivity index (χ2v) is 6.01. The molecule has 0 saturated carbocycles. The molecule has 7 heteroatoms. The van der Waals surface area contributed by atoms with Crippen molar-refractivity contribution in [1.29, 1.82) is 0 Å². The van der Waals surface area contributed by atoms with Gasteiger partial charge in [-0.1, -0.05) is 13.8 Å².